The molecule has 3 aliphatic rings. The van der Waals surface area contributed by atoms with Gasteiger partial charge in [-0.3, -0.25) is 14.5 Å². The number of hydrogen-bond donors (Lipinski definition) is 6. The molecule has 1 spiro atoms. The smallest absolute Gasteiger partial charge is 0.268 e. The van der Waals surface area contributed by atoms with Crippen LogP contribution in [0.15, 0.2) is 48.5 Å². The topological polar surface area (TPSA) is 169 Å². The molecule has 2 amide bonds. The number of amides is 2. The van der Waals surface area contributed by atoms with Crippen LogP contribution in [-0.4, -0.2) is 89.2 Å². The second-order valence-electron chi connectivity index (χ2n) is 11.4. The van der Waals surface area contributed by atoms with E-state index in [-0.39, 0.29) is 18.7 Å². The largest absolute Gasteiger partial charge is 0.396 e. The zero-order valence-electron chi connectivity index (χ0n) is 22.8. The van der Waals surface area contributed by atoms with Gasteiger partial charge in [-0.05, 0) is 49.8 Å². The van der Waals surface area contributed by atoms with Crippen molar-refractivity contribution in [2.24, 2.45) is 5.92 Å². The van der Waals surface area contributed by atoms with Crippen molar-refractivity contribution >= 4 is 37.3 Å². The van der Waals surface area contributed by atoms with Crippen molar-refractivity contribution in [1.82, 2.24) is 0 Å². The van der Waals surface area contributed by atoms with Gasteiger partial charge in [-0.25, -0.2) is 0 Å². The molecular formula is C28H35FN2O9Si. The molecule has 0 saturated carbocycles. The summed E-state index contributed by atoms with van der Waals surface area (Å²) in [5.74, 6) is -1.94. The zero-order chi connectivity index (χ0) is 29.9. The molecule has 41 heavy (non-hydrogen) atoms. The zero-order valence-corrected chi connectivity index (χ0v) is 23.8. The van der Waals surface area contributed by atoms with E-state index < -0.39 is 74.1 Å². The SMILES string of the molecule is C[C@H]1[C@H]([Si](C)(C)F)[C@@H](CCO)O[C@]12C(=O)N(c1ccccc1)c1ccc(NC(=O)[C@H]3O[C@@H](O)[C@H](O)[C@@H](O)[C@@H]3O)cc12. The summed E-state index contributed by atoms with van der Waals surface area (Å²) in [7, 11) is -3.41. The summed E-state index contributed by atoms with van der Waals surface area (Å²) in [5.41, 5.74) is -0.569. The maximum Gasteiger partial charge on any atom is 0.268 e. The highest BCUT2D eigenvalue weighted by Gasteiger charge is 2.67. The van der Waals surface area contributed by atoms with Gasteiger partial charge >= 0.3 is 0 Å². The van der Waals surface area contributed by atoms with Gasteiger partial charge in [0, 0.05) is 35.0 Å². The molecule has 2 saturated heterocycles. The van der Waals surface area contributed by atoms with E-state index in [2.05, 4.69) is 5.32 Å². The van der Waals surface area contributed by atoms with Crippen molar-refractivity contribution < 1.29 is 48.7 Å². The van der Waals surface area contributed by atoms with Crippen LogP contribution in [0.3, 0.4) is 0 Å². The number of rotatable bonds is 6. The highest BCUT2D eigenvalue weighted by Crippen LogP contribution is 2.61. The Morgan fingerprint density at radius 3 is 2.39 bits per heavy atom. The van der Waals surface area contributed by atoms with E-state index in [0.717, 1.165) is 0 Å². The molecule has 0 bridgehead atoms. The van der Waals surface area contributed by atoms with Crippen molar-refractivity contribution in [2.45, 2.75) is 74.4 Å². The maximum absolute atomic E-state index is 15.8. The van der Waals surface area contributed by atoms with Gasteiger partial charge in [0.15, 0.2) is 18.0 Å². The number of ether oxygens (including phenoxy) is 2. The number of carbonyl (C=O) groups is 2. The number of fused-ring (bicyclic) bond motifs is 2. The van der Waals surface area contributed by atoms with Gasteiger partial charge in [-0.15, -0.1) is 0 Å². The van der Waals surface area contributed by atoms with Gasteiger partial charge < -0.3 is 44.4 Å². The number of para-hydroxylation sites is 1. The fourth-order valence-corrected chi connectivity index (χ4v) is 9.11. The number of benzene rings is 2. The number of carbonyl (C=O) groups excluding carboxylic acids is 2. The Labute approximate surface area is 237 Å². The van der Waals surface area contributed by atoms with E-state index in [1.807, 2.05) is 6.07 Å². The van der Waals surface area contributed by atoms with Crippen LogP contribution in [0.5, 0.6) is 0 Å². The predicted molar refractivity (Wildman–Crippen MR) is 147 cm³/mol. The lowest BCUT2D eigenvalue weighted by atomic mass is 9.82. The number of aliphatic hydroxyl groups is 5. The first-order valence-electron chi connectivity index (χ1n) is 13.5. The standard InChI is InChI=1S/C28H35FN2O9Si/c1-14-24(41(2,3)29)19(11-12-32)40-28(14)17-13-15(30-25(36)23-21(34)20(33)22(35)26(37)39-23)9-10-18(17)31(27(28)38)16-7-5-4-6-8-16/h4-10,13-14,19-24,26,32-35,37H,11-12H2,1-3H3,(H,30,36)/t14-,19+,20-,21-,22+,23-,24-,26+,28+/m0/s1. The number of nitrogens with one attached hydrogen (secondary N) is 1. The number of hydrogen-bond acceptors (Lipinski definition) is 9. The minimum Gasteiger partial charge on any atom is -0.396 e. The Morgan fingerprint density at radius 1 is 1.07 bits per heavy atom. The highest BCUT2D eigenvalue weighted by atomic mass is 28.4. The second kappa shape index (κ2) is 10.8. The lowest BCUT2D eigenvalue weighted by Crippen LogP contribution is -2.60. The summed E-state index contributed by atoms with van der Waals surface area (Å²) in [6, 6.07) is 13.6. The van der Waals surface area contributed by atoms with Gasteiger partial charge in [-0.1, -0.05) is 25.1 Å². The Morgan fingerprint density at radius 2 is 1.76 bits per heavy atom. The van der Waals surface area contributed by atoms with Gasteiger partial charge in [0.1, 0.15) is 18.3 Å². The van der Waals surface area contributed by atoms with Crippen molar-refractivity contribution in [3.05, 3.63) is 54.1 Å². The van der Waals surface area contributed by atoms with Crippen molar-refractivity contribution in [3.63, 3.8) is 0 Å². The van der Waals surface area contributed by atoms with Crippen LogP contribution in [0.25, 0.3) is 0 Å². The normalized spacial score (nSPS) is 35.1. The first-order valence-corrected chi connectivity index (χ1v) is 16.5. The Hall–Kier alpha value is -2.75. The molecule has 5 rings (SSSR count). The Bertz CT molecular complexity index is 1310. The van der Waals surface area contributed by atoms with E-state index >= 15 is 4.11 Å². The molecule has 0 aromatic heterocycles. The lowest BCUT2D eigenvalue weighted by molar-refractivity contribution is -0.274. The quantitative estimate of drug-likeness (QED) is 0.214. The molecule has 13 heteroatoms. The lowest BCUT2D eigenvalue weighted by Gasteiger charge is -2.37. The molecular weight excluding hydrogens is 555 g/mol. The first kappa shape index (κ1) is 29.7. The Kier molecular flexibility index (Phi) is 7.85. The van der Waals surface area contributed by atoms with Gasteiger partial charge in [0.05, 0.1) is 11.8 Å². The molecule has 9 atom stereocenters. The summed E-state index contributed by atoms with van der Waals surface area (Å²) >= 11 is 0. The monoisotopic (exact) mass is 590 g/mol. The Balaban J connectivity index is 1.57. The van der Waals surface area contributed by atoms with Crippen LogP contribution in [0.1, 0.15) is 18.9 Å². The van der Waals surface area contributed by atoms with Crippen LogP contribution in [0, 0.1) is 5.92 Å². The predicted octanol–water partition coefficient (Wildman–Crippen LogP) is 1.26. The maximum atomic E-state index is 15.8. The fraction of sp³-hybridized carbons (Fsp3) is 0.500. The fourth-order valence-electron chi connectivity index (χ4n) is 6.57. The second-order valence-corrected chi connectivity index (χ2v) is 15.2. The van der Waals surface area contributed by atoms with E-state index in [4.69, 9.17) is 9.47 Å². The van der Waals surface area contributed by atoms with Crippen LogP contribution in [-0.2, 0) is 24.7 Å². The molecule has 0 unspecified atom stereocenters. The molecule has 2 fully saturated rings. The van der Waals surface area contributed by atoms with Gasteiger partial charge in [-0.2, -0.15) is 0 Å². The van der Waals surface area contributed by atoms with E-state index in [9.17, 15) is 35.1 Å². The van der Waals surface area contributed by atoms with Crippen molar-refractivity contribution in [2.75, 3.05) is 16.8 Å². The van der Waals surface area contributed by atoms with Crippen LogP contribution in [0.4, 0.5) is 21.2 Å². The third kappa shape index (κ3) is 4.79. The number of nitrogens with zero attached hydrogens (tertiary/aromatic N) is 1. The van der Waals surface area contributed by atoms with Crippen LogP contribution < -0.4 is 10.2 Å². The molecule has 222 valence electrons. The summed E-state index contributed by atoms with van der Waals surface area (Å²) < 4.78 is 27.3. The number of anilines is 3. The summed E-state index contributed by atoms with van der Waals surface area (Å²) in [4.78, 5) is 28.9. The molecule has 2 aromatic rings. The molecule has 11 nitrogen and oxygen atoms in total. The van der Waals surface area contributed by atoms with Gasteiger partial charge in [0.25, 0.3) is 11.8 Å². The van der Waals surface area contributed by atoms with E-state index in [1.165, 1.54) is 11.0 Å². The average molecular weight is 591 g/mol. The van der Waals surface area contributed by atoms with Crippen LogP contribution >= 0.6 is 0 Å². The molecule has 2 aromatic carbocycles. The summed E-state index contributed by atoms with van der Waals surface area (Å²) in [5, 5.41) is 52.2. The van der Waals surface area contributed by atoms with Crippen molar-refractivity contribution in [1.29, 1.82) is 0 Å². The third-order valence-corrected chi connectivity index (χ3v) is 10.9. The number of aliphatic hydroxyl groups excluding tert-OH is 5. The third-order valence-electron chi connectivity index (χ3n) is 8.41. The van der Waals surface area contributed by atoms with E-state index in [1.54, 1.807) is 56.4 Å². The summed E-state index contributed by atoms with van der Waals surface area (Å²) in [6.07, 6.45) is -9.61. The molecule has 3 aliphatic heterocycles. The number of halogens is 1. The highest BCUT2D eigenvalue weighted by molar-refractivity contribution is 6.72. The minimum absolute atomic E-state index is 0.148. The molecule has 0 aliphatic carbocycles. The summed E-state index contributed by atoms with van der Waals surface area (Å²) in [6.45, 7) is 4.65. The molecule has 6 N–H and O–H groups in total. The molecule has 0 radical (unpaired) electrons. The average Bonchev–Trinajstić information content (AvgIpc) is 3.36. The minimum atomic E-state index is -3.41. The van der Waals surface area contributed by atoms with Crippen molar-refractivity contribution in [3.8, 4) is 0 Å². The van der Waals surface area contributed by atoms with Gasteiger partial charge in [0.2, 0.25) is 8.41 Å². The first-order chi connectivity index (χ1) is 19.3. The molecule has 3 heterocycles. The van der Waals surface area contributed by atoms with E-state index in [0.29, 0.717) is 16.9 Å². The van der Waals surface area contributed by atoms with Crippen LogP contribution in [0.2, 0.25) is 18.6 Å².